The molecule has 0 saturated heterocycles. The molecule has 4 rings (SSSR count). The molecule has 2 N–H and O–H groups in total. The standard InChI is InChI=1S/C19H31N3O2/c1-12(13-5-6-13)22(17-9-10-17)19(24)21-16-4-2-3-14(11-16)18(23)20-15-7-8-15/h12-17H,2-11H2,1H3,(H,20,23)(H,21,24)/t12-,14-,16+/m1/s1. The molecule has 24 heavy (non-hydrogen) atoms. The van der Waals surface area contributed by atoms with Crippen LogP contribution in [-0.4, -0.2) is 41.0 Å². The lowest BCUT2D eigenvalue weighted by atomic mass is 9.85. The van der Waals surface area contributed by atoms with Gasteiger partial charge in [-0.15, -0.1) is 0 Å². The summed E-state index contributed by atoms with van der Waals surface area (Å²) in [6, 6.07) is 1.53. The molecule has 0 radical (unpaired) electrons. The summed E-state index contributed by atoms with van der Waals surface area (Å²) < 4.78 is 0. The molecule has 0 bridgehead atoms. The van der Waals surface area contributed by atoms with Gasteiger partial charge in [-0.25, -0.2) is 4.79 Å². The summed E-state index contributed by atoms with van der Waals surface area (Å²) >= 11 is 0. The maximum Gasteiger partial charge on any atom is 0.318 e. The highest BCUT2D eigenvalue weighted by atomic mass is 16.2. The molecule has 3 amide bonds. The molecule has 5 nitrogen and oxygen atoms in total. The van der Waals surface area contributed by atoms with Gasteiger partial charge < -0.3 is 15.5 Å². The maximum atomic E-state index is 12.8. The van der Waals surface area contributed by atoms with Gasteiger partial charge in [0.25, 0.3) is 0 Å². The van der Waals surface area contributed by atoms with Crippen LogP contribution in [0.4, 0.5) is 4.79 Å². The van der Waals surface area contributed by atoms with Crippen LogP contribution in [0.3, 0.4) is 0 Å². The van der Waals surface area contributed by atoms with E-state index < -0.39 is 0 Å². The Balaban J connectivity index is 1.31. The SMILES string of the molecule is C[C@H](C1CC1)N(C(=O)N[C@H]1CCC[C@@H](C(=O)NC2CC2)C1)C1CC1. The highest BCUT2D eigenvalue weighted by Gasteiger charge is 2.42. The molecule has 0 aromatic rings. The van der Waals surface area contributed by atoms with Crippen molar-refractivity contribution < 1.29 is 9.59 Å². The summed E-state index contributed by atoms with van der Waals surface area (Å²) in [5.41, 5.74) is 0. The smallest absolute Gasteiger partial charge is 0.318 e. The second-order valence-electron chi connectivity index (χ2n) is 8.51. The van der Waals surface area contributed by atoms with Gasteiger partial charge in [0.2, 0.25) is 5.91 Å². The van der Waals surface area contributed by atoms with Gasteiger partial charge in [-0.1, -0.05) is 6.42 Å². The number of carbonyl (C=O) groups is 2. The first-order chi connectivity index (χ1) is 11.6. The number of rotatable bonds is 6. The van der Waals surface area contributed by atoms with Gasteiger partial charge in [0.1, 0.15) is 0 Å². The number of urea groups is 1. The Morgan fingerprint density at radius 3 is 2.29 bits per heavy atom. The van der Waals surface area contributed by atoms with E-state index in [1.807, 2.05) is 0 Å². The van der Waals surface area contributed by atoms with E-state index in [1.54, 1.807) is 0 Å². The fourth-order valence-corrected chi connectivity index (χ4v) is 4.20. The van der Waals surface area contributed by atoms with Crippen LogP contribution in [0.5, 0.6) is 0 Å². The highest BCUT2D eigenvalue weighted by Crippen LogP contribution is 2.40. The van der Waals surface area contributed by atoms with E-state index in [0.29, 0.717) is 24.0 Å². The predicted octanol–water partition coefficient (Wildman–Crippen LogP) is 2.80. The lowest BCUT2D eigenvalue weighted by Gasteiger charge is -2.34. The largest absolute Gasteiger partial charge is 0.353 e. The Hall–Kier alpha value is -1.26. The van der Waals surface area contributed by atoms with Gasteiger partial charge in [-0.05, 0) is 70.6 Å². The van der Waals surface area contributed by atoms with Crippen LogP contribution in [0.1, 0.15) is 71.1 Å². The fraction of sp³-hybridized carbons (Fsp3) is 0.895. The normalized spacial score (nSPS) is 31.2. The molecule has 5 heteroatoms. The zero-order valence-electron chi connectivity index (χ0n) is 14.8. The van der Waals surface area contributed by atoms with E-state index in [9.17, 15) is 9.59 Å². The van der Waals surface area contributed by atoms with Gasteiger partial charge >= 0.3 is 6.03 Å². The number of nitrogens with zero attached hydrogens (tertiary/aromatic N) is 1. The Labute approximate surface area is 144 Å². The fourth-order valence-electron chi connectivity index (χ4n) is 4.20. The summed E-state index contributed by atoms with van der Waals surface area (Å²) in [7, 11) is 0. The zero-order chi connectivity index (χ0) is 16.7. The van der Waals surface area contributed by atoms with Crippen LogP contribution in [0.2, 0.25) is 0 Å². The number of nitrogens with one attached hydrogen (secondary N) is 2. The third-order valence-corrected chi connectivity index (χ3v) is 6.21. The molecule has 4 fully saturated rings. The van der Waals surface area contributed by atoms with Crippen molar-refractivity contribution >= 4 is 11.9 Å². The summed E-state index contributed by atoms with van der Waals surface area (Å²) in [4.78, 5) is 27.3. The third kappa shape index (κ3) is 3.86. The molecule has 0 aromatic heterocycles. The maximum absolute atomic E-state index is 12.8. The van der Waals surface area contributed by atoms with Gasteiger partial charge in [0.15, 0.2) is 0 Å². The Morgan fingerprint density at radius 1 is 0.917 bits per heavy atom. The number of amides is 3. The van der Waals surface area contributed by atoms with Crippen LogP contribution in [-0.2, 0) is 4.79 Å². The summed E-state index contributed by atoms with van der Waals surface area (Å²) in [5.74, 6) is 1.00. The predicted molar refractivity (Wildman–Crippen MR) is 92.5 cm³/mol. The molecule has 4 aliphatic carbocycles. The van der Waals surface area contributed by atoms with Gasteiger partial charge in [0.05, 0.1) is 0 Å². The van der Waals surface area contributed by atoms with Crippen molar-refractivity contribution in [3.8, 4) is 0 Å². The van der Waals surface area contributed by atoms with Crippen molar-refractivity contribution in [3.05, 3.63) is 0 Å². The second-order valence-corrected chi connectivity index (χ2v) is 8.51. The molecular formula is C19H31N3O2. The number of hydrogen-bond donors (Lipinski definition) is 2. The second kappa shape index (κ2) is 6.57. The molecule has 0 heterocycles. The van der Waals surface area contributed by atoms with E-state index in [1.165, 1.54) is 12.8 Å². The van der Waals surface area contributed by atoms with Crippen LogP contribution >= 0.6 is 0 Å². The third-order valence-electron chi connectivity index (χ3n) is 6.21. The molecule has 0 unspecified atom stereocenters. The topological polar surface area (TPSA) is 61.4 Å². The Bertz CT molecular complexity index is 497. The first-order valence-corrected chi connectivity index (χ1v) is 10.0. The van der Waals surface area contributed by atoms with Crippen LogP contribution in [0.25, 0.3) is 0 Å². The average molecular weight is 333 g/mol. The first kappa shape index (κ1) is 16.2. The molecular weight excluding hydrogens is 302 g/mol. The molecule has 0 aromatic carbocycles. The van der Waals surface area contributed by atoms with Crippen molar-refractivity contribution in [2.45, 2.75) is 95.3 Å². The van der Waals surface area contributed by atoms with Crippen LogP contribution < -0.4 is 10.6 Å². The van der Waals surface area contributed by atoms with Gasteiger partial charge in [-0.2, -0.15) is 0 Å². The van der Waals surface area contributed by atoms with Gasteiger partial charge in [-0.3, -0.25) is 4.79 Å². The van der Waals surface area contributed by atoms with Crippen molar-refractivity contribution in [3.63, 3.8) is 0 Å². The van der Waals surface area contributed by atoms with E-state index in [2.05, 4.69) is 22.5 Å². The summed E-state index contributed by atoms with van der Waals surface area (Å²) in [6.45, 7) is 2.21. The lowest BCUT2D eigenvalue weighted by molar-refractivity contribution is -0.126. The zero-order valence-corrected chi connectivity index (χ0v) is 14.8. The monoisotopic (exact) mass is 333 g/mol. The van der Waals surface area contributed by atoms with Crippen LogP contribution in [0, 0.1) is 11.8 Å². The van der Waals surface area contributed by atoms with Crippen molar-refractivity contribution in [1.29, 1.82) is 0 Å². The summed E-state index contributed by atoms with van der Waals surface area (Å²) in [6.07, 6.45) is 10.9. The molecule has 0 aliphatic heterocycles. The number of carbonyl (C=O) groups excluding carboxylic acids is 2. The number of hydrogen-bond acceptors (Lipinski definition) is 2. The van der Waals surface area contributed by atoms with Crippen molar-refractivity contribution in [1.82, 2.24) is 15.5 Å². The lowest BCUT2D eigenvalue weighted by Crippen LogP contribution is -2.51. The minimum Gasteiger partial charge on any atom is -0.353 e. The molecule has 0 spiro atoms. The quantitative estimate of drug-likeness (QED) is 0.785. The van der Waals surface area contributed by atoms with E-state index in [-0.39, 0.29) is 23.9 Å². The van der Waals surface area contributed by atoms with E-state index in [4.69, 9.17) is 0 Å². The molecule has 134 valence electrons. The average Bonchev–Trinajstić information content (AvgIpc) is 3.39. The summed E-state index contributed by atoms with van der Waals surface area (Å²) in [5, 5.41) is 6.39. The minimum absolute atomic E-state index is 0.0832. The molecule has 4 saturated carbocycles. The van der Waals surface area contributed by atoms with Crippen molar-refractivity contribution in [2.24, 2.45) is 11.8 Å². The van der Waals surface area contributed by atoms with E-state index >= 15 is 0 Å². The van der Waals surface area contributed by atoms with Gasteiger partial charge in [0, 0.05) is 30.1 Å². The van der Waals surface area contributed by atoms with E-state index in [0.717, 1.165) is 51.4 Å². The Kier molecular flexibility index (Phi) is 4.44. The highest BCUT2D eigenvalue weighted by molar-refractivity contribution is 5.80. The van der Waals surface area contributed by atoms with Crippen molar-refractivity contribution in [2.75, 3.05) is 0 Å². The van der Waals surface area contributed by atoms with Crippen LogP contribution in [0.15, 0.2) is 0 Å². The first-order valence-electron chi connectivity index (χ1n) is 10.0. The Morgan fingerprint density at radius 2 is 1.67 bits per heavy atom. The minimum atomic E-state index is 0.0832. The molecule has 3 atom stereocenters. The molecule has 4 aliphatic rings.